The zero-order chi connectivity index (χ0) is 12.3. The first-order valence-electron chi connectivity index (χ1n) is 5.26. The van der Waals surface area contributed by atoms with Gasteiger partial charge in [-0.3, -0.25) is 10.1 Å². The summed E-state index contributed by atoms with van der Waals surface area (Å²) in [6.07, 6.45) is -1.05. The zero-order valence-electron chi connectivity index (χ0n) is 9.11. The van der Waals surface area contributed by atoms with Crippen LogP contribution in [0, 0.1) is 10.1 Å². The fourth-order valence-electron chi connectivity index (χ4n) is 1.91. The van der Waals surface area contributed by atoms with Gasteiger partial charge in [0.05, 0.1) is 13.2 Å². The summed E-state index contributed by atoms with van der Waals surface area (Å²) in [6, 6.07) is 8.28. The number of nitro groups is 1. The maximum Gasteiger partial charge on any atom is 0.319 e. The smallest absolute Gasteiger partial charge is 0.319 e. The summed E-state index contributed by atoms with van der Waals surface area (Å²) >= 11 is 0. The molecule has 1 aromatic rings. The highest BCUT2D eigenvalue weighted by Crippen LogP contribution is 2.33. The van der Waals surface area contributed by atoms with Gasteiger partial charge in [0.1, 0.15) is 6.61 Å². The maximum absolute atomic E-state index is 11.3. The molecule has 92 valence electrons. The highest BCUT2D eigenvalue weighted by molar-refractivity contribution is 5.23. The number of benzene rings is 1. The normalized spacial score (nSPS) is 20.1. The third-order valence-electron chi connectivity index (χ3n) is 2.85. The molecule has 0 spiro atoms. The van der Waals surface area contributed by atoms with Crippen LogP contribution in [0.15, 0.2) is 30.3 Å². The topological polar surface area (TPSA) is 81.8 Å². The summed E-state index contributed by atoms with van der Waals surface area (Å²) in [7, 11) is 0. The van der Waals surface area contributed by atoms with Crippen LogP contribution in [0.1, 0.15) is 5.56 Å². The van der Waals surface area contributed by atoms with E-state index < -0.39 is 23.4 Å². The van der Waals surface area contributed by atoms with Crippen LogP contribution in [0.5, 0.6) is 0 Å². The van der Waals surface area contributed by atoms with Crippen LogP contribution < -0.4 is 0 Å². The molecule has 1 fully saturated rings. The van der Waals surface area contributed by atoms with Gasteiger partial charge in [-0.05, 0) is 0 Å². The SMILES string of the molecule is O=[N+]([O-])C(CO)(c1ccccc1)C1OCCO1. The van der Waals surface area contributed by atoms with Crippen LogP contribution in [0.25, 0.3) is 0 Å². The molecule has 0 radical (unpaired) electrons. The van der Waals surface area contributed by atoms with Crippen molar-refractivity contribution in [3.05, 3.63) is 46.0 Å². The van der Waals surface area contributed by atoms with Crippen LogP contribution in [0.3, 0.4) is 0 Å². The summed E-state index contributed by atoms with van der Waals surface area (Å²) in [5.74, 6) is 0. The van der Waals surface area contributed by atoms with Gasteiger partial charge in [-0.2, -0.15) is 0 Å². The molecule has 0 aromatic heterocycles. The average molecular weight is 239 g/mol. The number of aliphatic hydroxyl groups excluding tert-OH is 1. The summed E-state index contributed by atoms with van der Waals surface area (Å²) < 4.78 is 10.4. The van der Waals surface area contributed by atoms with Crippen LogP contribution in [0.2, 0.25) is 0 Å². The summed E-state index contributed by atoms with van der Waals surface area (Å²) in [4.78, 5) is 10.8. The lowest BCUT2D eigenvalue weighted by atomic mass is 9.90. The van der Waals surface area contributed by atoms with Crippen LogP contribution in [-0.4, -0.2) is 36.1 Å². The van der Waals surface area contributed by atoms with Crippen LogP contribution >= 0.6 is 0 Å². The maximum atomic E-state index is 11.3. The minimum Gasteiger partial charge on any atom is -0.388 e. The first-order valence-corrected chi connectivity index (χ1v) is 5.26. The van der Waals surface area contributed by atoms with Crippen molar-refractivity contribution in [3.63, 3.8) is 0 Å². The quantitative estimate of drug-likeness (QED) is 0.612. The van der Waals surface area contributed by atoms with Crippen molar-refractivity contribution in [2.45, 2.75) is 11.8 Å². The van der Waals surface area contributed by atoms with Gasteiger partial charge in [-0.1, -0.05) is 30.3 Å². The predicted octanol–water partition coefficient (Wildman–Crippen LogP) is 0.524. The highest BCUT2D eigenvalue weighted by atomic mass is 16.7. The minimum absolute atomic E-state index is 0.299. The highest BCUT2D eigenvalue weighted by Gasteiger charge is 2.55. The molecule has 1 N–H and O–H groups in total. The van der Waals surface area contributed by atoms with Gasteiger partial charge in [-0.15, -0.1) is 0 Å². The Hall–Kier alpha value is -1.50. The molecule has 0 saturated carbocycles. The summed E-state index contributed by atoms with van der Waals surface area (Å²) in [6.45, 7) is -0.0745. The van der Waals surface area contributed by atoms with Crippen molar-refractivity contribution in [2.75, 3.05) is 19.8 Å². The third-order valence-corrected chi connectivity index (χ3v) is 2.85. The number of nitrogens with zero attached hydrogens (tertiary/aromatic N) is 1. The fraction of sp³-hybridized carbons (Fsp3) is 0.455. The van der Waals surface area contributed by atoms with E-state index in [9.17, 15) is 15.2 Å². The largest absolute Gasteiger partial charge is 0.388 e. The van der Waals surface area contributed by atoms with Gasteiger partial charge in [0.2, 0.25) is 6.29 Å². The molecule has 0 bridgehead atoms. The Labute approximate surface area is 97.9 Å². The van der Waals surface area contributed by atoms with E-state index in [0.29, 0.717) is 18.8 Å². The summed E-state index contributed by atoms with van der Waals surface area (Å²) in [5.41, 5.74) is -1.38. The van der Waals surface area contributed by atoms with E-state index >= 15 is 0 Å². The second-order valence-corrected chi connectivity index (χ2v) is 3.78. The molecule has 1 atom stereocenters. The van der Waals surface area contributed by atoms with Crippen molar-refractivity contribution in [3.8, 4) is 0 Å². The second-order valence-electron chi connectivity index (χ2n) is 3.78. The first kappa shape index (κ1) is 12.0. The van der Waals surface area contributed by atoms with Gasteiger partial charge in [0.25, 0.3) is 0 Å². The molecule has 1 heterocycles. The second kappa shape index (κ2) is 4.79. The van der Waals surface area contributed by atoms with Gasteiger partial charge < -0.3 is 14.6 Å². The lowest BCUT2D eigenvalue weighted by Crippen LogP contribution is -2.50. The van der Waals surface area contributed by atoms with Crippen LogP contribution in [-0.2, 0) is 15.0 Å². The summed E-state index contributed by atoms with van der Waals surface area (Å²) in [5, 5.41) is 20.8. The Balaban J connectivity index is 2.45. The molecule has 2 rings (SSSR count). The van der Waals surface area contributed by atoms with Crippen molar-refractivity contribution in [1.82, 2.24) is 0 Å². The monoisotopic (exact) mass is 239 g/mol. The molecule has 1 aliphatic rings. The lowest BCUT2D eigenvalue weighted by molar-refractivity contribution is -0.607. The van der Waals surface area contributed by atoms with E-state index in [1.165, 1.54) is 0 Å². The standard InChI is InChI=1S/C11H13NO5/c13-8-11(12(14)15,10-16-6-7-17-10)9-4-2-1-3-5-9/h1-5,10,13H,6-8H2. The molecular weight excluding hydrogens is 226 g/mol. The molecule has 1 aromatic carbocycles. The molecule has 0 aliphatic carbocycles. The van der Waals surface area contributed by atoms with Crippen molar-refractivity contribution in [1.29, 1.82) is 0 Å². The van der Waals surface area contributed by atoms with Crippen molar-refractivity contribution < 1.29 is 19.5 Å². The van der Waals surface area contributed by atoms with Crippen LogP contribution in [0.4, 0.5) is 0 Å². The number of hydrogen-bond acceptors (Lipinski definition) is 5. The Kier molecular flexibility index (Phi) is 3.37. The van der Waals surface area contributed by atoms with Gasteiger partial charge >= 0.3 is 5.54 Å². The van der Waals surface area contributed by atoms with Gasteiger partial charge in [-0.25, -0.2) is 0 Å². The molecule has 1 unspecified atom stereocenters. The Morgan fingerprint density at radius 3 is 2.41 bits per heavy atom. The Bertz CT molecular complexity index is 390. The minimum atomic E-state index is -1.75. The molecular formula is C11H13NO5. The molecule has 17 heavy (non-hydrogen) atoms. The fourth-order valence-corrected chi connectivity index (χ4v) is 1.91. The van der Waals surface area contributed by atoms with E-state index in [4.69, 9.17) is 9.47 Å². The molecule has 6 nitrogen and oxygen atoms in total. The Morgan fingerprint density at radius 2 is 1.94 bits per heavy atom. The molecule has 6 heteroatoms. The Morgan fingerprint density at radius 1 is 1.35 bits per heavy atom. The molecule has 0 amide bonds. The van der Waals surface area contributed by atoms with E-state index in [1.807, 2.05) is 0 Å². The predicted molar refractivity (Wildman–Crippen MR) is 57.9 cm³/mol. The van der Waals surface area contributed by atoms with E-state index in [1.54, 1.807) is 30.3 Å². The average Bonchev–Trinajstić information content (AvgIpc) is 2.86. The van der Waals surface area contributed by atoms with Crippen molar-refractivity contribution >= 4 is 0 Å². The van der Waals surface area contributed by atoms with Gasteiger partial charge in [0, 0.05) is 10.5 Å². The molecule has 1 aliphatic heterocycles. The first-order chi connectivity index (χ1) is 8.21. The number of ether oxygens (including phenoxy) is 2. The van der Waals surface area contributed by atoms with E-state index in [0.717, 1.165) is 0 Å². The number of hydrogen-bond donors (Lipinski definition) is 1. The lowest BCUT2D eigenvalue weighted by Gasteiger charge is -2.27. The third kappa shape index (κ3) is 1.90. The zero-order valence-corrected chi connectivity index (χ0v) is 9.11. The number of rotatable bonds is 4. The van der Waals surface area contributed by atoms with E-state index in [2.05, 4.69) is 0 Å². The van der Waals surface area contributed by atoms with E-state index in [-0.39, 0.29) is 0 Å². The van der Waals surface area contributed by atoms with Gasteiger partial charge in [0.15, 0.2) is 0 Å². The van der Waals surface area contributed by atoms with Crippen molar-refractivity contribution in [2.24, 2.45) is 0 Å². The number of aliphatic hydroxyl groups is 1. The molecule has 1 saturated heterocycles.